The van der Waals surface area contributed by atoms with Gasteiger partial charge in [-0.25, -0.2) is 0 Å². The van der Waals surface area contributed by atoms with Gasteiger partial charge in [0.15, 0.2) is 0 Å². The van der Waals surface area contributed by atoms with Crippen LogP contribution in [-0.2, 0) is 6.54 Å². The van der Waals surface area contributed by atoms with Crippen LogP contribution in [0.2, 0.25) is 0 Å². The van der Waals surface area contributed by atoms with Gasteiger partial charge in [-0.2, -0.15) is 0 Å². The van der Waals surface area contributed by atoms with Gasteiger partial charge < -0.3 is 10.1 Å². The predicted octanol–water partition coefficient (Wildman–Crippen LogP) is 2.89. The lowest BCUT2D eigenvalue weighted by Crippen LogP contribution is -2.15. The van der Waals surface area contributed by atoms with E-state index in [4.69, 9.17) is 4.74 Å². The van der Waals surface area contributed by atoms with Crippen molar-refractivity contribution in [1.82, 2.24) is 5.32 Å². The van der Waals surface area contributed by atoms with Crippen LogP contribution in [0, 0.1) is 6.92 Å². The highest BCUT2D eigenvalue weighted by molar-refractivity contribution is 5.34. The number of methoxy groups -OCH3 is 1. The zero-order valence-corrected chi connectivity index (χ0v) is 9.97. The Kier molecular flexibility index (Phi) is 5.19. The Labute approximate surface area is 92.6 Å². The zero-order valence-electron chi connectivity index (χ0n) is 9.97. The summed E-state index contributed by atoms with van der Waals surface area (Å²) in [6, 6.07) is 6.23. The summed E-state index contributed by atoms with van der Waals surface area (Å²) in [4.78, 5) is 0. The Balaban J connectivity index is 2.47. The fraction of sp³-hybridized carbons (Fsp3) is 0.538. The van der Waals surface area contributed by atoms with Crippen LogP contribution in [0.25, 0.3) is 0 Å². The first-order valence-corrected chi connectivity index (χ1v) is 5.62. The summed E-state index contributed by atoms with van der Waals surface area (Å²) in [6.45, 7) is 6.39. The highest BCUT2D eigenvalue weighted by Gasteiger charge is 1.99. The molecule has 2 nitrogen and oxygen atoms in total. The third-order valence-corrected chi connectivity index (χ3v) is 2.57. The Morgan fingerprint density at radius 3 is 2.73 bits per heavy atom. The van der Waals surface area contributed by atoms with Crippen molar-refractivity contribution in [3.05, 3.63) is 29.3 Å². The Morgan fingerprint density at radius 2 is 2.13 bits per heavy atom. The molecule has 0 saturated carbocycles. The van der Waals surface area contributed by atoms with Gasteiger partial charge in [0, 0.05) is 6.54 Å². The first kappa shape index (κ1) is 12.1. The molecule has 0 amide bonds. The predicted molar refractivity (Wildman–Crippen MR) is 64.3 cm³/mol. The number of ether oxygens (including phenoxy) is 1. The summed E-state index contributed by atoms with van der Waals surface area (Å²) < 4.78 is 5.17. The van der Waals surface area contributed by atoms with E-state index in [1.807, 2.05) is 6.07 Å². The van der Waals surface area contributed by atoms with Crippen molar-refractivity contribution in [2.24, 2.45) is 0 Å². The zero-order chi connectivity index (χ0) is 11.1. The maximum absolute atomic E-state index is 5.17. The minimum Gasteiger partial charge on any atom is -0.497 e. The van der Waals surface area contributed by atoms with Crippen molar-refractivity contribution in [1.29, 1.82) is 0 Å². The number of hydrogen-bond donors (Lipinski definition) is 1. The van der Waals surface area contributed by atoms with E-state index in [0.29, 0.717) is 0 Å². The van der Waals surface area contributed by atoms with Crippen LogP contribution >= 0.6 is 0 Å². The molecule has 0 heterocycles. The average Bonchev–Trinajstić information content (AvgIpc) is 2.26. The van der Waals surface area contributed by atoms with E-state index >= 15 is 0 Å². The molecule has 2 heteroatoms. The van der Waals surface area contributed by atoms with Crippen LogP contribution in [-0.4, -0.2) is 13.7 Å². The normalized spacial score (nSPS) is 10.3. The highest BCUT2D eigenvalue weighted by atomic mass is 16.5. The third kappa shape index (κ3) is 3.92. The van der Waals surface area contributed by atoms with E-state index in [-0.39, 0.29) is 0 Å². The van der Waals surface area contributed by atoms with Gasteiger partial charge in [0.25, 0.3) is 0 Å². The van der Waals surface area contributed by atoms with Crippen molar-refractivity contribution in [2.45, 2.75) is 33.2 Å². The molecular formula is C13H21NO. The molecule has 15 heavy (non-hydrogen) atoms. The van der Waals surface area contributed by atoms with Crippen molar-refractivity contribution < 1.29 is 4.74 Å². The molecule has 0 fully saturated rings. The number of hydrogen-bond acceptors (Lipinski definition) is 2. The molecule has 0 saturated heterocycles. The van der Waals surface area contributed by atoms with Gasteiger partial charge in [0.1, 0.15) is 5.75 Å². The average molecular weight is 207 g/mol. The molecule has 0 aliphatic heterocycles. The molecule has 0 spiro atoms. The summed E-state index contributed by atoms with van der Waals surface area (Å²) in [5.74, 6) is 0.935. The van der Waals surface area contributed by atoms with E-state index < -0.39 is 0 Å². The highest BCUT2D eigenvalue weighted by Crippen LogP contribution is 2.16. The fourth-order valence-corrected chi connectivity index (χ4v) is 1.52. The van der Waals surface area contributed by atoms with E-state index in [2.05, 4.69) is 31.3 Å². The van der Waals surface area contributed by atoms with Gasteiger partial charge in [-0.05, 0) is 43.1 Å². The summed E-state index contributed by atoms with van der Waals surface area (Å²) in [6.07, 6.45) is 2.49. The van der Waals surface area contributed by atoms with E-state index in [9.17, 15) is 0 Å². The quantitative estimate of drug-likeness (QED) is 0.724. The fourth-order valence-electron chi connectivity index (χ4n) is 1.52. The van der Waals surface area contributed by atoms with Gasteiger partial charge >= 0.3 is 0 Å². The summed E-state index contributed by atoms with van der Waals surface area (Å²) >= 11 is 0. The van der Waals surface area contributed by atoms with Crippen LogP contribution in [0.5, 0.6) is 5.75 Å². The van der Waals surface area contributed by atoms with Gasteiger partial charge in [-0.15, -0.1) is 0 Å². The first-order valence-electron chi connectivity index (χ1n) is 5.62. The molecule has 1 aromatic rings. The van der Waals surface area contributed by atoms with Crippen molar-refractivity contribution in [2.75, 3.05) is 13.7 Å². The molecule has 1 aromatic carbocycles. The van der Waals surface area contributed by atoms with Crippen molar-refractivity contribution >= 4 is 0 Å². The number of unbranched alkanes of at least 4 members (excludes halogenated alkanes) is 1. The molecule has 0 aliphatic carbocycles. The second-order valence-electron chi connectivity index (χ2n) is 3.82. The van der Waals surface area contributed by atoms with E-state index in [1.165, 1.54) is 24.0 Å². The molecule has 1 N–H and O–H groups in total. The molecule has 0 atom stereocenters. The molecule has 0 bridgehead atoms. The summed E-state index contributed by atoms with van der Waals surface area (Å²) in [5.41, 5.74) is 2.64. The SMILES string of the molecule is CCCCNCc1ccc(OC)cc1C. The monoisotopic (exact) mass is 207 g/mol. The van der Waals surface area contributed by atoms with Crippen molar-refractivity contribution in [3.63, 3.8) is 0 Å². The lowest BCUT2D eigenvalue weighted by Gasteiger charge is -2.09. The first-order chi connectivity index (χ1) is 7.27. The minimum atomic E-state index is 0.935. The van der Waals surface area contributed by atoms with Crippen LogP contribution in [0.1, 0.15) is 30.9 Å². The number of benzene rings is 1. The Hall–Kier alpha value is -1.02. The molecule has 0 radical (unpaired) electrons. The van der Waals surface area contributed by atoms with E-state index in [0.717, 1.165) is 18.8 Å². The van der Waals surface area contributed by atoms with Gasteiger partial charge in [0.2, 0.25) is 0 Å². The van der Waals surface area contributed by atoms with E-state index in [1.54, 1.807) is 7.11 Å². The Bertz CT molecular complexity index is 297. The number of rotatable bonds is 6. The topological polar surface area (TPSA) is 21.3 Å². The smallest absolute Gasteiger partial charge is 0.119 e. The maximum Gasteiger partial charge on any atom is 0.119 e. The standard InChI is InChI=1S/C13H21NO/c1-4-5-8-14-10-12-6-7-13(15-3)9-11(12)2/h6-7,9,14H,4-5,8,10H2,1-3H3. The summed E-state index contributed by atoms with van der Waals surface area (Å²) in [7, 11) is 1.70. The molecule has 0 unspecified atom stereocenters. The molecule has 84 valence electrons. The van der Waals surface area contributed by atoms with Gasteiger partial charge in [-0.1, -0.05) is 19.4 Å². The molecule has 1 rings (SSSR count). The van der Waals surface area contributed by atoms with Crippen LogP contribution in [0.15, 0.2) is 18.2 Å². The summed E-state index contributed by atoms with van der Waals surface area (Å²) in [5, 5.41) is 3.44. The van der Waals surface area contributed by atoms with Gasteiger partial charge in [-0.3, -0.25) is 0 Å². The maximum atomic E-state index is 5.17. The molecule has 0 aliphatic rings. The third-order valence-electron chi connectivity index (χ3n) is 2.57. The van der Waals surface area contributed by atoms with Crippen LogP contribution < -0.4 is 10.1 Å². The van der Waals surface area contributed by atoms with Gasteiger partial charge in [0.05, 0.1) is 7.11 Å². The van der Waals surface area contributed by atoms with Crippen LogP contribution in [0.4, 0.5) is 0 Å². The molecule has 0 aromatic heterocycles. The number of aryl methyl sites for hydroxylation is 1. The Morgan fingerprint density at radius 1 is 1.33 bits per heavy atom. The lowest BCUT2D eigenvalue weighted by molar-refractivity contribution is 0.414. The second kappa shape index (κ2) is 6.46. The second-order valence-corrected chi connectivity index (χ2v) is 3.82. The lowest BCUT2D eigenvalue weighted by atomic mass is 10.1. The largest absolute Gasteiger partial charge is 0.497 e. The van der Waals surface area contributed by atoms with Crippen LogP contribution in [0.3, 0.4) is 0 Å². The molecular weight excluding hydrogens is 186 g/mol. The van der Waals surface area contributed by atoms with Crippen molar-refractivity contribution in [3.8, 4) is 5.75 Å². The minimum absolute atomic E-state index is 0.935. The number of nitrogens with one attached hydrogen (secondary N) is 1.